The highest BCUT2D eigenvalue weighted by Crippen LogP contribution is 2.38. The highest BCUT2D eigenvalue weighted by atomic mass is 32.1. The molecule has 9 nitrogen and oxygen atoms in total. The third kappa shape index (κ3) is 12.0. The van der Waals surface area contributed by atoms with E-state index in [1.54, 1.807) is 17.2 Å². The average Bonchev–Trinajstić information content (AvgIpc) is 3.60. The van der Waals surface area contributed by atoms with Gasteiger partial charge in [0.05, 0.1) is 28.0 Å². The molecule has 0 unspecified atom stereocenters. The highest BCUT2D eigenvalue weighted by Gasteiger charge is 2.42. The molecule has 3 atom stereocenters. The molecule has 2 N–H and O–H groups in total. The number of thiazole rings is 2. The minimum absolute atomic E-state index is 0.0806. The van der Waals surface area contributed by atoms with Crippen LogP contribution in [0.2, 0.25) is 18.1 Å². The fourth-order valence-electron chi connectivity index (χ4n) is 4.17. The van der Waals surface area contributed by atoms with Crippen LogP contribution in [-0.4, -0.2) is 54.3 Å². The SMILES string of the molecule is CC(C)(C)OC(=O)N[C@@H](Cc1ccccc1)[C@H](C[C@@H](Cc1cncs1)NC(=O)OCc1cncs1)O[Si](C)(C)C(C)(C)C. The molecule has 2 amide bonds. The number of alkyl carbamates (subject to hydrolysis) is 2. The fourth-order valence-corrected chi connectivity index (χ4v) is 6.72. The minimum Gasteiger partial charge on any atom is -0.444 e. The van der Waals surface area contributed by atoms with Crippen LogP contribution in [0.4, 0.5) is 9.59 Å². The van der Waals surface area contributed by atoms with Crippen LogP contribution < -0.4 is 10.6 Å². The van der Waals surface area contributed by atoms with Gasteiger partial charge in [-0.15, -0.1) is 22.7 Å². The smallest absolute Gasteiger partial charge is 0.407 e. The van der Waals surface area contributed by atoms with E-state index in [1.165, 1.54) is 22.7 Å². The lowest BCUT2D eigenvalue weighted by Crippen LogP contribution is -2.55. The van der Waals surface area contributed by atoms with E-state index in [4.69, 9.17) is 13.9 Å². The Hall–Kier alpha value is -2.80. The van der Waals surface area contributed by atoms with Crippen LogP contribution >= 0.6 is 22.7 Å². The molecule has 43 heavy (non-hydrogen) atoms. The number of nitrogens with zero attached hydrogens (tertiary/aromatic N) is 2. The van der Waals surface area contributed by atoms with Gasteiger partial charge >= 0.3 is 12.2 Å². The van der Waals surface area contributed by atoms with Crippen LogP contribution in [0.15, 0.2) is 53.7 Å². The predicted octanol–water partition coefficient (Wildman–Crippen LogP) is 7.35. The quantitative estimate of drug-likeness (QED) is 0.187. The molecule has 0 aliphatic rings. The monoisotopic (exact) mass is 646 g/mol. The number of aromatic nitrogens is 2. The first-order chi connectivity index (χ1) is 20.1. The second kappa shape index (κ2) is 15.3. The molecule has 12 heteroatoms. The van der Waals surface area contributed by atoms with Gasteiger partial charge in [0.15, 0.2) is 8.32 Å². The van der Waals surface area contributed by atoms with Crippen molar-refractivity contribution in [3.63, 3.8) is 0 Å². The highest BCUT2D eigenvalue weighted by molar-refractivity contribution is 7.09. The van der Waals surface area contributed by atoms with Crippen molar-refractivity contribution in [2.45, 2.75) is 109 Å². The number of nitrogens with one attached hydrogen (secondary N) is 2. The maximum Gasteiger partial charge on any atom is 0.407 e. The van der Waals surface area contributed by atoms with Crippen LogP contribution in [0.1, 0.15) is 63.3 Å². The van der Waals surface area contributed by atoms with Crippen LogP contribution in [0.3, 0.4) is 0 Å². The second-order valence-corrected chi connectivity index (χ2v) is 19.8. The summed E-state index contributed by atoms with van der Waals surface area (Å²) in [4.78, 5) is 36.3. The van der Waals surface area contributed by atoms with Gasteiger partial charge in [0.25, 0.3) is 0 Å². The third-order valence-corrected chi connectivity index (χ3v) is 13.4. The Morgan fingerprint density at radius 1 is 0.884 bits per heavy atom. The number of ether oxygens (including phenoxy) is 2. The van der Waals surface area contributed by atoms with Crippen LogP contribution in [0.25, 0.3) is 0 Å². The molecule has 1 aromatic carbocycles. The fraction of sp³-hybridized carbons (Fsp3) is 0.548. The van der Waals surface area contributed by atoms with Gasteiger partial charge in [0.2, 0.25) is 0 Å². The summed E-state index contributed by atoms with van der Waals surface area (Å²) in [6.45, 7) is 16.6. The number of carbonyl (C=O) groups is 2. The summed E-state index contributed by atoms with van der Waals surface area (Å²) in [5, 5.41) is 6.13. The normalized spacial score (nSPS) is 14.4. The average molecular weight is 647 g/mol. The summed E-state index contributed by atoms with van der Waals surface area (Å²) < 4.78 is 18.3. The van der Waals surface area contributed by atoms with Crippen molar-refractivity contribution in [1.29, 1.82) is 0 Å². The molecule has 0 spiro atoms. The molecule has 3 aromatic rings. The second-order valence-electron chi connectivity index (χ2n) is 13.2. The molecular weight excluding hydrogens is 601 g/mol. The Morgan fingerprint density at radius 3 is 2.07 bits per heavy atom. The Morgan fingerprint density at radius 2 is 1.51 bits per heavy atom. The van der Waals surface area contributed by atoms with Crippen molar-refractivity contribution < 1.29 is 23.5 Å². The van der Waals surface area contributed by atoms with Crippen LogP contribution in [0.5, 0.6) is 0 Å². The molecule has 236 valence electrons. The van der Waals surface area contributed by atoms with Gasteiger partial charge < -0.3 is 24.5 Å². The summed E-state index contributed by atoms with van der Waals surface area (Å²) in [6, 6.07) is 9.24. The number of carbonyl (C=O) groups excluding carboxylic acids is 2. The van der Waals surface area contributed by atoms with Gasteiger partial charge in [-0.2, -0.15) is 0 Å². The number of benzene rings is 1. The Balaban J connectivity index is 1.93. The predicted molar refractivity (Wildman–Crippen MR) is 175 cm³/mol. The molecule has 0 fully saturated rings. The van der Waals surface area contributed by atoms with Gasteiger partial charge in [0, 0.05) is 29.7 Å². The van der Waals surface area contributed by atoms with Gasteiger partial charge in [0.1, 0.15) is 12.2 Å². The van der Waals surface area contributed by atoms with Gasteiger partial charge in [-0.25, -0.2) is 9.59 Å². The molecule has 0 saturated heterocycles. The maximum atomic E-state index is 13.2. The van der Waals surface area contributed by atoms with Crippen LogP contribution in [-0.2, 0) is 33.3 Å². The maximum absolute atomic E-state index is 13.2. The largest absolute Gasteiger partial charge is 0.444 e. The molecule has 0 saturated carbocycles. The standard InChI is InChI=1S/C31H46N4O5S2Si/c1-30(2,3)39-29(37)35-26(14-22-12-10-9-11-13-22)27(40-43(7,8)31(4,5)6)16-23(15-24-17-32-20-41-24)34-28(36)38-19-25-18-33-21-42-25/h9-13,17-18,20-21,23,26-27H,14-16,19H2,1-8H3,(H,34,36)(H,35,37)/t23-,26+,27+/m1/s1. The van der Waals surface area contributed by atoms with Crippen molar-refractivity contribution in [2.75, 3.05) is 0 Å². The zero-order chi connectivity index (χ0) is 31.7. The summed E-state index contributed by atoms with van der Waals surface area (Å²) in [5.74, 6) is 0. The van der Waals surface area contributed by atoms with Gasteiger partial charge in [-0.3, -0.25) is 9.97 Å². The van der Waals surface area contributed by atoms with E-state index >= 15 is 0 Å². The molecule has 0 aliphatic heterocycles. The minimum atomic E-state index is -2.33. The first-order valence-corrected chi connectivity index (χ1v) is 19.2. The third-order valence-electron chi connectivity index (χ3n) is 7.30. The zero-order valence-corrected chi connectivity index (χ0v) is 29.1. The van der Waals surface area contributed by atoms with E-state index in [0.717, 1.165) is 15.3 Å². The Labute approximate surface area is 264 Å². The number of rotatable bonds is 13. The summed E-state index contributed by atoms with van der Waals surface area (Å²) in [7, 11) is -2.33. The summed E-state index contributed by atoms with van der Waals surface area (Å²) in [6.07, 6.45) is 3.55. The Kier molecular flexibility index (Phi) is 12.3. The summed E-state index contributed by atoms with van der Waals surface area (Å²) in [5.41, 5.74) is 3.88. The lowest BCUT2D eigenvalue weighted by Gasteiger charge is -2.42. The van der Waals surface area contributed by atoms with Gasteiger partial charge in [-0.1, -0.05) is 51.1 Å². The van der Waals surface area contributed by atoms with E-state index in [-0.39, 0.29) is 17.7 Å². The zero-order valence-electron chi connectivity index (χ0n) is 26.5. The van der Waals surface area contributed by atoms with Crippen molar-refractivity contribution in [1.82, 2.24) is 20.6 Å². The van der Waals surface area contributed by atoms with E-state index in [2.05, 4.69) is 54.5 Å². The van der Waals surface area contributed by atoms with Crippen molar-refractivity contribution in [3.05, 3.63) is 69.1 Å². The lowest BCUT2D eigenvalue weighted by molar-refractivity contribution is 0.0413. The van der Waals surface area contributed by atoms with E-state index in [9.17, 15) is 9.59 Å². The van der Waals surface area contributed by atoms with Crippen molar-refractivity contribution in [2.24, 2.45) is 0 Å². The molecule has 2 aromatic heterocycles. The topological polar surface area (TPSA) is 112 Å². The molecule has 0 bridgehead atoms. The number of hydrogen-bond donors (Lipinski definition) is 2. The van der Waals surface area contributed by atoms with Crippen molar-refractivity contribution >= 4 is 43.2 Å². The number of amides is 2. The summed E-state index contributed by atoms with van der Waals surface area (Å²) >= 11 is 2.96. The first kappa shape index (κ1) is 34.7. The van der Waals surface area contributed by atoms with E-state index < -0.39 is 38.3 Å². The van der Waals surface area contributed by atoms with Crippen molar-refractivity contribution in [3.8, 4) is 0 Å². The van der Waals surface area contributed by atoms with Crippen LogP contribution in [0, 0.1) is 0 Å². The first-order valence-electron chi connectivity index (χ1n) is 14.5. The molecule has 3 rings (SSSR count). The Bertz CT molecular complexity index is 1260. The van der Waals surface area contributed by atoms with E-state index in [1.807, 2.05) is 57.3 Å². The van der Waals surface area contributed by atoms with Gasteiger partial charge in [-0.05, 0) is 57.3 Å². The lowest BCUT2D eigenvalue weighted by atomic mass is 9.95. The molecule has 2 heterocycles. The number of hydrogen-bond acceptors (Lipinski definition) is 9. The molecule has 0 radical (unpaired) electrons. The molecular formula is C31H46N4O5S2Si. The van der Waals surface area contributed by atoms with E-state index in [0.29, 0.717) is 19.3 Å². The molecule has 0 aliphatic carbocycles.